The van der Waals surface area contributed by atoms with Crippen LogP contribution >= 0.6 is 23.2 Å². The molecule has 0 fully saturated rings. The van der Waals surface area contributed by atoms with Gasteiger partial charge in [0, 0.05) is 23.1 Å². The highest BCUT2D eigenvalue weighted by Gasteiger charge is 2.03. The number of aryl methyl sites for hydroxylation is 1. The molecule has 0 radical (unpaired) electrons. The lowest BCUT2D eigenvalue weighted by Gasteiger charge is -2.09. The number of benzene rings is 2. The number of hydrogen-bond acceptors (Lipinski definition) is 1. The van der Waals surface area contributed by atoms with Crippen LogP contribution in [0.1, 0.15) is 16.7 Å². The third-order valence-corrected chi connectivity index (χ3v) is 3.86. The van der Waals surface area contributed by atoms with Crippen LogP contribution in [0.3, 0.4) is 0 Å². The van der Waals surface area contributed by atoms with Crippen molar-refractivity contribution in [3.63, 3.8) is 0 Å². The average Bonchev–Trinajstić information content (AvgIpc) is 2.49. The fourth-order valence-corrected chi connectivity index (χ4v) is 2.49. The number of amides is 2. The van der Waals surface area contributed by atoms with Gasteiger partial charge in [-0.05, 0) is 36.6 Å². The molecule has 5 heteroatoms. The molecule has 0 saturated heterocycles. The van der Waals surface area contributed by atoms with Gasteiger partial charge in [0.15, 0.2) is 0 Å². The summed E-state index contributed by atoms with van der Waals surface area (Å²) in [5, 5.41) is 6.87. The molecule has 0 unspecified atom stereocenters. The minimum Gasteiger partial charge on any atom is -0.338 e. The lowest BCUT2D eigenvalue weighted by atomic mass is 10.1. The van der Waals surface area contributed by atoms with E-state index in [2.05, 4.69) is 10.6 Å². The van der Waals surface area contributed by atoms with Gasteiger partial charge < -0.3 is 10.6 Å². The normalized spacial score (nSPS) is 10.3. The largest absolute Gasteiger partial charge is 0.338 e. The zero-order valence-corrected chi connectivity index (χ0v) is 13.8. The second kappa shape index (κ2) is 8.06. The van der Waals surface area contributed by atoms with E-state index >= 15 is 0 Å². The average molecular weight is 337 g/mol. The van der Waals surface area contributed by atoms with Gasteiger partial charge in [-0.15, -0.1) is 0 Å². The molecular formula is C17H18Cl2N2O. The Bertz CT molecular complexity index is 642. The molecule has 3 nitrogen and oxygen atoms in total. The van der Waals surface area contributed by atoms with Crippen molar-refractivity contribution in [3.8, 4) is 0 Å². The summed E-state index contributed by atoms with van der Waals surface area (Å²) >= 11 is 11.9. The first kappa shape index (κ1) is 16.7. The minimum atomic E-state index is -0.189. The van der Waals surface area contributed by atoms with Crippen LogP contribution in [0, 0.1) is 6.92 Å². The van der Waals surface area contributed by atoms with Crippen molar-refractivity contribution in [3.05, 3.63) is 69.2 Å². The van der Waals surface area contributed by atoms with E-state index in [0.717, 1.165) is 11.1 Å². The van der Waals surface area contributed by atoms with E-state index in [0.29, 0.717) is 29.6 Å². The summed E-state index contributed by atoms with van der Waals surface area (Å²) in [7, 11) is 0. The van der Waals surface area contributed by atoms with Crippen molar-refractivity contribution in [2.75, 3.05) is 6.54 Å². The van der Waals surface area contributed by atoms with E-state index in [1.165, 1.54) is 5.56 Å². The molecule has 0 bridgehead atoms. The number of urea groups is 1. The quantitative estimate of drug-likeness (QED) is 0.837. The van der Waals surface area contributed by atoms with Gasteiger partial charge in [0.25, 0.3) is 0 Å². The van der Waals surface area contributed by atoms with Crippen molar-refractivity contribution in [1.82, 2.24) is 10.6 Å². The van der Waals surface area contributed by atoms with Crippen LogP contribution in [0.2, 0.25) is 10.0 Å². The Balaban J connectivity index is 1.72. The standard InChI is InChI=1S/C17H18Cl2N2O/c1-12-2-4-13(5-3-12)11-21-17(22)20-9-8-14-6-7-15(18)10-16(14)19/h2-7,10H,8-9,11H2,1H3,(H2,20,21,22). The maximum absolute atomic E-state index is 11.7. The zero-order valence-electron chi connectivity index (χ0n) is 12.3. The second-order valence-electron chi connectivity index (χ2n) is 5.08. The topological polar surface area (TPSA) is 41.1 Å². The highest BCUT2D eigenvalue weighted by Crippen LogP contribution is 2.20. The molecule has 2 aromatic carbocycles. The van der Waals surface area contributed by atoms with Crippen molar-refractivity contribution in [1.29, 1.82) is 0 Å². The van der Waals surface area contributed by atoms with E-state index in [1.807, 2.05) is 37.3 Å². The Morgan fingerprint density at radius 2 is 1.77 bits per heavy atom. The molecule has 0 aliphatic carbocycles. The highest BCUT2D eigenvalue weighted by atomic mass is 35.5. The molecule has 0 saturated carbocycles. The van der Waals surface area contributed by atoms with Gasteiger partial charge in [0.05, 0.1) is 0 Å². The molecule has 0 spiro atoms. The monoisotopic (exact) mass is 336 g/mol. The molecule has 2 amide bonds. The number of carbonyl (C=O) groups excluding carboxylic acids is 1. The first-order chi connectivity index (χ1) is 10.5. The highest BCUT2D eigenvalue weighted by molar-refractivity contribution is 6.35. The molecule has 0 heterocycles. The predicted octanol–water partition coefficient (Wildman–Crippen LogP) is 4.34. The summed E-state index contributed by atoms with van der Waals surface area (Å²) in [6.45, 7) is 3.06. The number of carbonyl (C=O) groups is 1. The first-order valence-corrected chi connectivity index (χ1v) is 7.81. The van der Waals surface area contributed by atoms with E-state index in [9.17, 15) is 4.79 Å². The van der Waals surface area contributed by atoms with Gasteiger partial charge in [-0.2, -0.15) is 0 Å². The maximum atomic E-state index is 11.7. The van der Waals surface area contributed by atoms with Gasteiger partial charge >= 0.3 is 6.03 Å². The summed E-state index contributed by atoms with van der Waals surface area (Å²) < 4.78 is 0. The molecule has 2 N–H and O–H groups in total. The number of halogens is 2. The second-order valence-corrected chi connectivity index (χ2v) is 5.92. The Hall–Kier alpha value is -1.71. The number of nitrogens with one attached hydrogen (secondary N) is 2. The molecule has 22 heavy (non-hydrogen) atoms. The molecule has 0 aliphatic rings. The first-order valence-electron chi connectivity index (χ1n) is 7.06. The van der Waals surface area contributed by atoms with Crippen molar-refractivity contribution in [2.45, 2.75) is 19.9 Å². The molecule has 0 aliphatic heterocycles. The third-order valence-electron chi connectivity index (χ3n) is 3.27. The maximum Gasteiger partial charge on any atom is 0.315 e. The molecule has 0 aromatic heterocycles. The van der Waals surface area contributed by atoms with Gasteiger partial charge in [-0.1, -0.05) is 59.1 Å². The fraction of sp³-hybridized carbons (Fsp3) is 0.235. The third kappa shape index (κ3) is 5.24. The summed E-state index contributed by atoms with van der Waals surface area (Å²) in [6, 6.07) is 13.2. The predicted molar refractivity (Wildman–Crippen MR) is 91.6 cm³/mol. The summed E-state index contributed by atoms with van der Waals surface area (Å²) in [5.41, 5.74) is 3.24. The van der Waals surface area contributed by atoms with Crippen LogP contribution in [0.4, 0.5) is 4.79 Å². The summed E-state index contributed by atoms with van der Waals surface area (Å²) in [6.07, 6.45) is 0.661. The van der Waals surface area contributed by atoms with Crippen LogP contribution in [-0.4, -0.2) is 12.6 Å². The minimum absolute atomic E-state index is 0.189. The Labute approximate surface area is 140 Å². The van der Waals surface area contributed by atoms with Gasteiger partial charge in [-0.3, -0.25) is 0 Å². The lowest BCUT2D eigenvalue weighted by Crippen LogP contribution is -2.36. The number of hydrogen-bond donors (Lipinski definition) is 2. The number of rotatable bonds is 5. The van der Waals surface area contributed by atoms with Crippen molar-refractivity contribution in [2.24, 2.45) is 0 Å². The van der Waals surface area contributed by atoms with E-state index in [1.54, 1.807) is 12.1 Å². The van der Waals surface area contributed by atoms with Crippen LogP contribution in [-0.2, 0) is 13.0 Å². The Kier molecular flexibility index (Phi) is 6.10. The van der Waals surface area contributed by atoms with Crippen molar-refractivity contribution >= 4 is 29.2 Å². The lowest BCUT2D eigenvalue weighted by molar-refractivity contribution is 0.240. The molecule has 2 rings (SSSR count). The van der Waals surface area contributed by atoms with Crippen LogP contribution < -0.4 is 10.6 Å². The fourth-order valence-electron chi connectivity index (χ4n) is 1.99. The van der Waals surface area contributed by atoms with Gasteiger partial charge in [0.2, 0.25) is 0 Å². The smallest absolute Gasteiger partial charge is 0.315 e. The summed E-state index contributed by atoms with van der Waals surface area (Å²) in [4.78, 5) is 11.7. The van der Waals surface area contributed by atoms with Gasteiger partial charge in [-0.25, -0.2) is 4.79 Å². The summed E-state index contributed by atoms with van der Waals surface area (Å²) in [5.74, 6) is 0. The molecule has 0 atom stereocenters. The van der Waals surface area contributed by atoms with Crippen LogP contribution in [0.5, 0.6) is 0 Å². The van der Waals surface area contributed by atoms with Crippen LogP contribution in [0.25, 0.3) is 0 Å². The SMILES string of the molecule is Cc1ccc(CNC(=O)NCCc2ccc(Cl)cc2Cl)cc1. The molecular weight excluding hydrogens is 319 g/mol. The van der Waals surface area contributed by atoms with Crippen molar-refractivity contribution < 1.29 is 4.79 Å². The van der Waals surface area contributed by atoms with Crippen LogP contribution in [0.15, 0.2) is 42.5 Å². The van der Waals surface area contributed by atoms with E-state index in [-0.39, 0.29) is 6.03 Å². The molecule has 116 valence electrons. The molecule has 2 aromatic rings. The van der Waals surface area contributed by atoms with E-state index in [4.69, 9.17) is 23.2 Å². The zero-order chi connectivity index (χ0) is 15.9. The van der Waals surface area contributed by atoms with E-state index < -0.39 is 0 Å². The van der Waals surface area contributed by atoms with Gasteiger partial charge in [0.1, 0.15) is 0 Å². The Morgan fingerprint density at radius 1 is 1.05 bits per heavy atom. The Morgan fingerprint density at radius 3 is 2.45 bits per heavy atom.